The van der Waals surface area contributed by atoms with Crippen molar-refractivity contribution in [3.05, 3.63) is 23.8 Å². The van der Waals surface area contributed by atoms with Crippen LogP contribution < -0.4 is 0 Å². The lowest BCUT2D eigenvalue weighted by Crippen LogP contribution is -2.69. The fourth-order valence-corrected chi connectivity index (χ4v) is 7.42. The molecular formula is C25H33FO6. The Hall–Kier alpha value is -1.86. The van der Waals surface area contributed by atoms with Crippen LogP contribution in [-0.2, 0) is 19.1 Å². The molecule has 3 saturated carbocycles. The second-order valence-corrected chi connectivity index (χ2v) is 10.3. The summed E-state index contributed by atoms with van der Waals surface area (Å²) in [6.45, 7) is 0.510. The molecule has 3 fully saturated rings. The molecule has 0 spiro atoms. The highest BCUT2D eigenvalue weighted by molar-refractivity contribution is 6.01. The van der Waals surface area contributed by atoms with Gasteiger partial charge in [-0.2, -0.15) is 0 Å². The van der Waals surface area contributed by atoms with Crippen LogP contribution in [0.25, 0.3) is 0 Å². The summed E-state index contributed by atoms with van der Waals surface area (Å²) in [5.41, 5.74) is -6.20. The van der Waals surface area contributed by atoms with E-state index in [-0.39, 0.29) is 18.6 Å². The van der Waals surface area contributed by atoms with Gasteiger partial charge in [0.25, 0.3) is 0 Å². The average Bonchev–Trinajstić information content (AvgIpc) is 2.99. The smallest absolute Gasteiger partial charge is 0.305 e. The first-order valence-corrected chi connectivity index (χ1v) is 11.0. The normalized spacial score (nSPS) is 50.4. The summed E-state index contributed by atoms with van der Waals surface area (Å²) in [5.74, 6) is -4.92. The third kappa shape index (κ3) is 2.73. The third-order valence-electron chi connectivity index (χ3n) is 9.08. The van der Waals surface area contributed by atoms with Gasteiger partial charge in [0, 0.05) is 30.0 Å². The van der Waals surface area contributed by atoms with Crippen LogP contribution >= 0.6 is 0 Å². The minimum Gasteiger partial charge on any atom is -0.458 e. The highest BCUT2D eigenvalue weighted by Gasteiger charge is 2.75. The third-order valence-corrected chi connectivity index (χ3v) is 9.08. The fourth-order valence-electron chi connectivity index (χ4n) is 7.42. The molecule has 0 unspecified atom stereocenters. The maximum Gasteiger partial charge on any atom is 0.305 e. The SMILES string of the molecule is [2H]C([2H])([2H])C([2H])([2H])C(=O)OCC(=O)[C@@]1(O)[C@@H](C)C[C@H]2[C@@H]3CCC4=CC(=O)C=C[C@]4(C)[C@@]3(F)[C@@H](O)C[C@@]21C. The van der Waals surface area contributed by atoms with Crippen LogP contribution in [0.4, 0.5) is 4.39 Å². The number of fused-ring (bicyclic) bond motifs is 5. The van der Waals surface area contributed by atoms with Gasteiger partial charge in [-0.15, -0.1) is 0 Å². The number of aliphatic hydroxyl groups is 2. The summed E-state index contributed by atoms with van der Waals surface area (Å²) >= 11 is 0. The van der Waals surface area contributed by atoms with E-state index in [0.717, 1.165) is 0 Å². The number of esters is 1. The first-order valence-electron chi connectivity index (χ1n) is 13.5. The predicted molar refractivity (Wildman–Crippen MR) is 114 cm³/mol. The van der Waals surface area contributed by atoms with Gasteiger partial charge in [0.05, 0.1) is 6.10 Å². The minimum atomic E-state index is -3.35. The van der Waals surface area contributed by atoms with Crippen molar-refractivity contribution >= 4 is 17.5 Å². The van der Waals surface area contributed by atoms with Crippen LogP contribution in [-0.4, -0.2) is 51.7 Å². The molecule has 8 atom stereocenters. The van der Waals surface area contributed by atoms with Gasteiger partial charge in [-0.25, -0.2) is 4.39 Å². The Kier molecular flexibility index (Phi) is 4.03. The molecule has 0 saturated heterocycles. The topological polar surface area (TPSA) is 101 Å². The van der Waals surface area contributed by atoms with Crippen molar-refractivity contribution in [2.45, 2.75) is 77.1 Å². The summed E-state index contributed by atoms with van der Waals surface area (Å²) in [6, 6.07) is 0. The van der Waals surface area contributed by atoms with Crippen molar-refractivity contribution in [3.8, 4) is 0 Å². The van der Waals surface area contributed by atoms with Gasteiger partial charge in [-0.3, -0.25) is 14.4 Å². The first kappa shape index (κ1) is 17.6. The van der Waals surface area contributed by atoms with E-state index >= 15 is 4.39 Å². The molecule has 0 amide bonds. The molecule has 0 radical (unpaired) electrons. The van der Waals surface area contributed by atoms with Crippen LogP contribution in [0.2, 0.25) is 0 Å². The minimum absolute atomic E-state index is 0.239. The molecule has 0 aromatic rings. The van der Waals surface area contributed by atoms with Crippen LogP contribution in [0.1, 0.15) is 66.5 Å². The van der Waals surface area contributed by atoms with E-state index in [2.05, 4.69) is 0 Å². The Bertz CT molecular complexity index is 1100. The number of aliphatic hydroxyl groups excluding tert-OH is 1. The summed E-state index contributed by atoms with van der Waals surface area (Å²) in [4.78, 5) is 37.5. The molecule has 6 nitrogen and oxygen atoms in total. The zero-order chi connectivity index (χ0) is 28.0. The molecule has 176 valence electrons. The fraction of sp³-hybridized carbons (Fsp3) is 0.720. The number of hydrogen-bond acceptors (Lipinski definition) is 6. The molecule has 7 heteroatoms. The van der Waals surface area contributed by atoms with Gasteiger partial charge in [0.15, 0.2) is 18.1 Å². The summed E-state index contributed by atoms with van der Waals surface area (Å²) in [7, 11) is 0. The van der Waals surface area contributed by atoms with Gasteiger partial charge in [-0.1, -0.05) is 32.3 Å². The maximum absolute atomic E-state index is 17.2. The summed E-state index contributed by atoms with van der Waals surface area (Å²) in [5, 5.41) is 23.2. The van der Waals surface area contributed by atoms with E-state index in [1.54, 1.807) is 20.8 Å². The van der Waals surface area contributed by atoms with Gasteiger partial charge in [0.2, 0.25) is 5.78 Å². The van der Waals surface area contributed by atoms with E-state index in [0.29, 0.717) is 18.4 Å². The van der Waals surface area contributed by atoms with Gasteiger partial charge in [0.1, 0.15) is 5.60 Å². The number of allylic oxidation sites excluding steroid dienone is 4. The molecule has 0 aromatic carbocycles. The average molecular weight is 454 g/mol. The highest BCUT2D eigenvalue weighted by Crippen LogP contribution is 2.70. The number of hydrogen-bond donors (Lipinski definition) is 2. The molecular weight excluding hydrogens is 415 g/mol. The second-order valence-electron chi connectivity index (χ2n) is 10.3. The number of carbonyl (C=O) groups is 3. The quantitative estimate of drug-likeness (QED) is 0.635. The first-order chi connectivity index (χ1) is 16.8. The van der Waals surface area contributed by atoms with Crippen molar-refractivity contribution in [3.63, 3.8) is 0 Å². The lowest BCUT2D eigenvalue weighted by molar-refractivity contribution is -0.220. The van der Waals surface area contributed by atoms with Crippen molar-refractivity contribution < 1.29 is 40.6 Å². The number of halogens is 1. The molecule has 2 N–H and O–H groups in total. The van der Waals surface area contributed by atoms with Crippen molar-refractivity contribution in [2.75, 3.05) is 6.61 Å². The van der Waals surface area contributed by atoms with Crippen LogP contribution in [0.15, 0.2) is 23.8 Å². The Morgan fingerprint density at radius 1 is 1.38 bits per heavy atom. The summed E-state index contributed by atoms with van der Waals surface area (Å²) < 4.78 is 58.5. The maximum atomic E-state index is 17.2. The Morgan fingerprint density at radius 3 is 2.78 bits per heavy atom. The van der Waals surface area contributed by atoms with Crippen molar-refractivity contribution in [2.24, 2.45) is 28.6 Å². The van der Waals surface area contributed by atoms with Gasteiger partial charge < -0.3 is 14.9 Å². The number of alkyl halides is 1. The molecule has 4 rings (SSSR count). The standard InChI is InChI=1S/C25H33FO6/c1-5-21(30)32-13-20(29)25(31)14(2)10-18-17-7-6-15-11-16(27)8-9-22(15,3)24(17,26)19(28)12-23(18,25)4/h8-9,11,14,17-19,28,31H,5-7,10,12-13H2,1-4H3/t14-,17-,18-,19-,22-,23-,24-,25-/m0/s1/i1D3,5D2. The molecule has 0 aromatic heterocycles. The zero-order valence-electron chi connectivity index (χ0n) is 23.5. The molecule has 0 aliphatic heterocycles. The number of ether oxygens (including phenoxy) is 1. The Morgan fingerprint density at radius 2 is 2.09 bits per heavy atom. The second kappa shape index (κ2) is 7.32. The highest BCUT2D eigenvalue weighted by atomic mass is 19.1. The largest absolute Gasteiger partial charge is 0.458 e. The monoisotopic (exact) mass is 453 g/mol. The van der Waals surface area contributed by atoms with Gasteiger partial charge in [-0.05, 0) is 56.6 Å². The van der Waals surface area contributed by atoms with Crippen LogP contribution in [0.5, 0.6) is 0 Å². The number of carbonyl (C=O) groups excluding carboxylic acids is 3. The Labute approximate surface area is 194 Å². The Balaban J connectivity index is 1.64. The molecule has 4 aliphatic rings. The van der Waals surface area contributed by atoms with Gasteiger partial charge >= 0.3 is 5.97 Å². The van der Waals surface area contributed by atoms with Crippen LogP contribution in [0.3, 0.4) is 0 Å². The zero-order valence-corrected chi connectivity index (χ0v) is 18.5. The lowest BCUT2D eigenvalue weighted by atomic mass is 9.44. The van der Waals surface area contributed by atoms with Crippen molar-refractivity contribution in [1.29, 1.82) is 0 Å². The summed E-state index contributed by atoms with van der Waals surface area (Å²) in [6.07, 6.45) is 0.00896. The van der Waals surface area contributed by atoms with Crippen molar-refractivity contribution in [1.82, 2.24) is 0 Å². The number of ketones is 2. The van der Waals surface area contributed by atoms with E-state index < -0.39 is 77.5 Å². The molecule has 4 aliphatic carbocycles. The molecule has 0 bridgehead atoms. The van der Waals surface area contributed by atoms with E-state index in [4.69, 9.17) is 11.6 Å². The molecule has 32 heavy (non-hydrogen) atoms. The van der Waals surface area contributed by atoms with E-state index in [9.17, 15) is 24.6 Å². The van der Waals surface area contributed by atoms with E-state index in [1.165, 1.54) is 18.2 Å². The predicted octanol–water partition coefficient (Wildman–Crippen LogP) is 2.86. The van der Waals surface area contributed by atoms with Crippen LogP contribution in [0, 0.1) is 28.6 Å². The molecule has 0 heterocycles. The lowest BCUT2D eigenvalue weighted by Gasteiger charge is -2.62. The number of rotatable bonds is 4. The van der Waals surface area contributed by atoms with E-state index in [1.807, 2.05) is 0 Å². The number of Topliss-reactive ketones (excluding diaryl/α,β-unsaturated/α-hetero) is 1.